The van der Waals surface area contributed by atoms with Crippen molar-refractivity contribution in [2.24, 2.45) is 0 Å². The summed E-state index contributed by atoms with van der Waals surface area (Å²) in [6.45, 7) is 0.437. The zero-order chi connectivity index (χ0) is 14.4. The van der Waals surface area contributed by atoms with E-state index in [2.05, 4.69) is 17.2 Å². The predicted molar refractivity (Wildman–Crippen MR) is 74.8 cm³/mol. The smallest absolute Gasteiger partial charge is 0.356 e. The normalized spacial score (nSPS) is 10.4. The van der Waals surface area contributed by atoms with Crippen molar-refractivity contribution in [1.82, 2.24) is 9.78 Å². The van der Waals surface area contributed by atoms with Gasteiger partial charge in [0.2, 0.25) is 0 Å². The molecule has 0 saturated carbocycles. The average Bonchev–Trinajstić information content (AvgIpc) is 2.46. The molecule has 1 aromatic heterocycles. The summed E-state index contributed by atoms with van der Waals surface area (Å²) in [5, 5.41) is 12.7. The van der Waals surface area contributed by atoms with E-state index in [4.69, 9.17) is 5.11 Å². The Labute approximate surface area is 116 Å². The van der Waals surface area contributed by atoms with Gasteiger partial charge in [0, 0.05) is 12.6 Å². The second kappa shape index (κ2) is 6.65. The van der Waals surface area contributed by atoms with Crippen molar-refractivity contribution in [1.29, 1.82) is 0 Å². The first-order valence-corrected chi connectivity index (χ1v) is 6.52. The van der Waals surface area contributed by atoms with E-state index in [0.29, 0.717) is 6.54 Å². The van der Waals surface area contributed by atoms with Gasteiger partial charge in [-0.2, -0.15) is 5.10 Å². The Morgan fingerprint density at radius 1 is 1.10 bits per heavy atom. The SMILES string of the molecule is O=C(O)c1ccc(=O)n(CCCCc2ccccc2)n1. The summed E-state index contributed by atoms with van der Waals surface area (Å²) in [5.74, 6) is -1.12. The first-order valence-electron chi connectivity index (χ1n) is 6.52. The van der Waals surface area contributed by atoms with Crippen molar-refractivity contribution < 1.29 is 9.90 Å². The molecule has 2 aromatic rings. The quantitative estimate of drug-likeness (QED) is 0.816. The van der Waals surface area contributed by atoms with Gasteiger partial charge in [-0.15, -0.1) is 0 Å². The van der Waals surface area contributed by atoms with Crippen LogP contribution in [0.3, 0.4) is 0 Å². The van der Waals surface area contributed by atoms with Crippen LogP contribution in [0.4, 0.5) is 0 Å². The molecule has 1 heterocycles. The number of carboxylic acid groups (broad SMARTS) is 1. The lowest BCUT2D eigenvalue weighted by Crippen LogP contribution is -2.24. The maximum absolute atomic E-state index is 11.6. The fourth-order valence-electron chi connectivity index (χ4n) is 1.96. The molecule has 0 spiro atoms. The van der Waals surface area contributed by atoms with Gasteiger partial charge in [0.05, 0.1) is 0 Å². The largest absolute Gasteiger partial charge is 0.476 e. The van der Waals surface area contributed by atoms with Crippen molar-refractivity contribution in [2.75, 3.05) is 0 Å². The molecular weight excluding hydrogens is 256 g/mol. The Bertz CT molecular complexity index is 635. The minimum absolute atomic E-state index is 0.104. The van der Waals surface area contributed by atoms with Crippen LogP contribution in [0, 0.1) is 0 Å². The van der Waals surface area contributed by atoms with Gasteiger partial charge in [0.25, 0.3) is 5.56 Å². The van der Waals surface area contributed by atoms with Crippen LogP contribution in [0.5, 0.6) is 0 Å². The number of aromatic nitrogens is 2. The lowest BCUT2D eigenvalue weighted by Gasteiger charge is -2.05. The highest BCUT2D eigenvalue weighted by Crippen LogP contribution is 2.05. The third-order valence-corrected chi connectivity index (χ3v) is 3.01. The molecule has 2 rings (SSSR count). The first-order chi connectivity index (χ1) is 9.66. The number of carboxylic acids is 1. The Balaban J connectivity index is 1.89. The van der Waals surface area contributed by atoms with Crippen LogP contribution in [0.1, 0.15) is 28.9 Å². The number of unbranched alkanes of at least 4 members (excludes halogenated alkanes) is 1. The molecule has 5 heteroatoms. The number of benzene rings is 1. The summed E-state index contributed by atoms with van der Waals surface area (Å²) in [5.41, 5.74) is 0.884. The predicted octanol–water partition coefficient (Wildman–Crippen LogP) is 1.96. The van der Waals surface area contributed by atoms with E-state index in [9.17, 15) is 9.59 Å². The third kappa shape index (κ3) is 3.78. The maximum Gasteiger partial charge on any atom is 0.356 e. The molecule has 0 aliphatic carbocycles. The summed E-state index contributed by atoms with van der Waals surface area (Å²) in [4.78, 5) is 22.4. The molecule has 0 bridgehead atoms. The van der Waals surface area contributed by atoms with E-state index in [1.807, 2.05) is 18.2 Å². The number of aryl methyl sites for hydroxylation is 2. The van der Waals surface area contributed by atoms with Crippen LogP contribution in [-0.4, -0.2) is 20.9 Å². The van der Waals surface area contributed by atoms with Gasteiger partial charge >= 0.3 is 5.97 Å². The molecule has 0 unspecified atom stereocenters. The highest BCUT2D eigenvalue weighted by Gasteiger charge is 2.06. The van der Waals surface area contributed by atoms with Gasteiger partial charge in [0.15, 0.2) is 5.69 Å². The van der Waals surface area contributed by atoms with Crippen LogP contribution in [0.25, 0.3) is 0 Å². The second-order valence-corrected chi connectivity index (χ2v) is 4.53. The topological polar surface area (TPSA) is 72.2 Å². The number of nitrogens with zero attached hydrogens (tertiary/aromatic N) is 2. The van der Waals surface area contributed by atoms with E-state index in [1.54, 1.807) is 0 Å². The third-order valence-electron chi connectivity index (χ3n) is 3.01. The highest BCUT2D eigenvalue weighted by molar-refractivity contribution is 5.84. The molecule has 104 valence electrons. The molecule has 0 aliphatic rings. The molecule has 0 aliphatic heterocycles. The Kier molecular flexibility index (Phi) is 4.65. The minimum Gasteiger partial charge on any atom is -0.476 e. The van der Waals surface area contributed by atoms with Crippen molar-refractivity contribution in [3.8, 4) is 0 Å². The van der Waals surface area contributed by atoms with E-state index < -0.39 is 5.97 Å². The van der Waals surface area contributed by atoms with Crippen LogP contribution in [-0.2, 0) is 13.0 Å². The maximum atomic E-state index is 11.6. The van der Waals surface area contributed by atoms with Gasteiger partial charge < -0.3 is 5.11 Å². The van der Waals surface area contributed by atoms with Crippen molar-refractivity contribution in [2.45, 2.75) is 25.8 Å². The summed E-state index contributed by atoms with van der Waals surface area (Å²) >= 11 is 0. The van der Waals surface area contributed by atoms with E-state index in [-0.39, 0.29) is 11.3 Å². The summed E-state index contributed by atoms with van der Waals surface area (Å²) in [6, 6.07) is 12.6. The minimum atomic E-state index is -1.12. The molecule has 0 saturated heterocycles. The van der Waals surface area contributed by atoms with Gasteiger partial charge in [-0.3, -0.25) is 4.79 Å². The number of hydrogen-bond donors (Lipinski definition) is 1. The van der Waals surface area contributed by atoms with Gasteiger partial charge in [-0.05, 0) is 30.9 Å². The van der Waals surface area contributed by atoms with Crippen LogP contribution >= 0.6 is 0 Å². The zero-order valence-electron chi connectivity index (χ0n) is 11.0. The van der Waals surface area contributed by atoms with Gasteiger partial charge in [0.1, 0.15) is 0 Å². The number of rotatable bonds is 6. The molecule has 0 amide bonds. The second-order valence-electron chi connectivity index (χ2n) is 4.53. The van der Waals surface area contributed by atoms with Gasteiger partial charge in [-0.25, -0.2) is 9.48 Å². The summed E-state index contributed by atoms with van der Waals surface area (Å²) in [6.07, 6.45) is 2.65. The van der Waals surface area contributed by atoms with Crippen molar-refractivity contribution in [3.63, 3.8) is 0 Å². The Morgan fingerprint density at radius 2 is 1.85 bits per heavy atom. The van der Waals surface area contributed by atoms with Crippen LogP contribution < -0.4 is 5.56 Å². The van der Waals surface area contributed by atoms with Crippen molar-refractivity contribution in [3.05, 3.63) is 64.1 Å². The zero-order valence-corrected chi connectivity index (χ0v) is 11.0. The van der Waals surface area contributed by atoms with E-state index in [0.717, 1.165) is 19.3 Å². The van der Waals surface area contributed by atoms with Crippen LogP contribution in [0.15, 0.2) is 47.3 Å². The number of aromatic carboxylic acids is 1. The number of hydrogen-bond acceptors (Lipinski definition) is 3. The summed E-state index contributed by atoms with van der Waals surface area (Å²) in [7, 11) is 0. The van der Waals surface area contributed by atoms with Crippen molar-refractivity contribution >= 4 is 5.97 Å². The van der Waals surface area contributed by atoms with E-state index in [1.165, 1.54) is 22.4 Å². The molecule has 1 aromatic carbocycles. The molecule has 20 heavy (non-hydrogen) atoms. The highest BCUT2D eigenvalue weighted by atomic mass is 16.4. The standard InChI is InChI=1S/C15H16N2O3/c18-14-10-9-13(15(19)20)16-17(14)11-5-4-8-12-6-2-1-3-7-12/h1-3,6-7,9-10H,4-5,8,11H2,(H,19,20). The Hall–Kier alpha value is -2.43. The van der Waals surface area contributed by atoms with Crippen LogP contribution in [0.2, 0.25) is 0 Å². The lowest BCUT2D eigenvalue weighted by molar-refractivity contribution is 0.0687. The molecule has 5 nitrogen and oxygen atoms in total. The lowest BCUT2D eigenvalue weighted by atomic mass is 10.1. The number of carbonyl (C=O) groups is 1. The molecule has 0 fully saturated rings. The molecule has 1 N–H and O–H groups in total. The fraction of sp³-hybridized carbons (Fsp3) is 0.267. The monoisotopic (exact) mass is 272 g/mol. The van der Waals surface area contributed by atoms with Gasteiger partial charge in [-0.1, -0.05) is 30.3 Å². The molecular formula is C15H16N2O3. The first kappa shape index (κ1) is 14.0. The Morgan fingerprint density at radius 3 is 2.55 bits per heavy atom. The molecule has 0 radical (unpaired) electrons. The fourth-order valence-corrected chi connectivity index (χ4v) is 1.96. The molecule has 0 atom stereocenters. The summed E-state index contributed by atoms with van der Waals surface area (Å²) < 4.78 is 1.22. The van der Waals surface area contributed by atoms with E-state index >= 15 is 0 Å². The average molecular weight is 272 g/mol.